The van der Waals surface area contributed by atoms with Crippen LogP contribution in [0.1, 0.15) is 24.3 Å². The summed E-state index contributed by atoms with van der Waals surface area (Å²) < 4.78 is 128. The van der Waals surface area contributed by atoms with E-state index < -0.39 is 62.2 Å². The van der Waals surface area contributed by atoms with Crippen molar-refractivity contribution < 1.29 is 53.4 Å². The molecule has 0 radical (unpaired) electrons. The molecule has 1 aliphatic carbocycles. The lowest BCUT2D eigenvalue weighted by Gasteiger charge is -2.29. The molecule has 7 nitrogen and oxygen atoms in total. The maximum Gasteiger partial charge on any atom is 0.490 e. The number of thiazole rings is 1. The Balaban J connectivity index is 0.000000454. The van der Waals surface area contributed by atoms with Crippen LogP contribution < -0.4 is 5.32 Å². The van der Waals surface area contributed by atoms with Gasteiger partial charge in [0.25, 0.3) is 0 Å². The molecule has 36 heavy (non-hydrogen) atoms. The Hall–Kier alpha value is -2.37. The molecule has 1 saturated heterocycles. The molecule has 1 aromatic heterocycles. The van der Waals surface area contributed by atoms with Gasteiger partial charge in [0.2, 0.25) is 15.8 Å². The van der Waals surface area contributed by atoms with Crippen LogP contribution in [-0.4, -0.2) is 54.1 Å². The van der Waals surface area contributed by atoms with Gasteiger partial charge in [-0.05, 0) is 37.8 Å². The van der Waals surface area contributed by atoms with Gasteiger partial charge < -0.3 is 10.4 Å². The van der Waals surface area contributed by atoms with Crippen LogP contribution in [0.25, 0.3) is 0 Å². The van der Waals surface area contributed by atoms with E-state index >= 15 is 0 Å². The predicted octanol–water partition coefficient (Wildman–Crippen LogP) is 3.80. The molecule has 1 unspecified atom stereocenters. The van der Waals surface area contributed by atoms with Gasteiger partial charge >= 0.3 is 12.1 Å². The first-order valence-corrected chi connectivity index (χ1v) is 12.4. The van der Waals surface area contributed by atoms with Crippen molar-refractivity contribution in [2.24, 2.45) is 5.41 Å². The van der Waals surface area contributed by atoms with Gasteiger partial charge in [-0.15, -0.1) is 11.3 Å². The zero-order valence-corrected chi connectivity index (χ0v) is 19.5. The molecule has 4 rings (SSSR count). The Morgan fingerprint density at radius 1 is 1.08 bits per heavy atom. The summed E-state index contributed by atoms with van der Waals surface area (Å²) in [6.45, 7) is 1.01. The first-order chi connectivity index (χ1) is 16.6. The minimum atomic E-state index is -5.08. The molecule has 2 N–H and O–H groups in total. The van der Waals surface area contributed by atoms with E-state index in [-0.39, 0.29) is 12.0 Å². The number of nitrogens with one attached hydrogen (secondary N) is 1. The Bertz CT molecular complexity index is 1200. The van der Waals surface area contributed by atoms with Crippen LogP contribution in [-0.2, 0) is 21.4 Å². The number of nitrogens with zero attached hydrogens (tertiary/aromatic N) is 2. The number of alkyl halides is 3. The summed E-state index contributed by atoms with van der Waals surface area (Å²) in [6, 6.07) is -0.603. The summed E-state index contributed by atoms with van der Waals surface area (Å²) in [7, 11) is -5.03. The molecule has 1 saturated carbocycles. The molecule has 2 fully saturated rings. The number of piperidine rings is 1. The molecule has 1 aliphatic heterocycles. The van der Waals surface area contributed by atoms with Crippen molar-refractivity contribution in [3.05, 3.63) is 45.7 Å². The highest BCUT2D eigenvalue weighted by molar-refractivity contribution is 7.89. The molecule has 1 aromatic carbocycles. The van der Waals surface area contributed by atoms with Gasteiger partial charge in [0, 0.05) is 17.6 Å². The molecule has 2 aromatic rings. The van der Waals surface area contributed by atoms with Gasteiger partial charge in [-0.3, -0.25) is 0 Å². The third kappa shape index (κ3) is 5.47. The lowest BCUT2D eigenvalue weighted by atomic mass is 9.94. The maximum absolute atomic E-state index is 14.3. The number of rotatable bonds is 5. The average molecular weight is 567 g/mol. The van der Waals surface area contributed by atoms with Gasteiger partial charge in [-0.2, -0.15) is 17.5 Å². The molecule has 17 heteroatoms. The van der Waals surface area contributed by atoms with Crippen molar-refractivity contribution in [1.82, 2.24) is 14.6 Å². The highest BCUT2D eigenvalue weighted by Gasteiger charge is 2.60. The fourth-order valence-corrected chi connectivity index (χ4v) is 6.44. The molecule has 200 valence electrons. The Kier molecular flexibility index (Phi) is 7.98. The number of sulfonamides is 1. The smallest absolute Gasteiger partial charge is 0.475 e. The highest BCUT2D eigenvalue weighted by Crippen LogP contribution is 2.57. The lowest BCUT2D eigenvalue weighted by Crippen LogP contribution is -2.40. The molecule has 0 bridgehead atoms. The van der Waals surface area contributed by atoms with E-state index in [1.54, 1.807) is 5.38 Å². The monoisotopic (exact) mass is 567 g/mol. The van der Waals surface area contributed by atoms with E-state index in [9.17, 15) is 43.5 Å². The largest absolute Gasteiger partial charge is 0.490 e. The molecule has 0 amide bonds. The molecule has 1 atom stereocenters. The van der Waals surface area contributed by atoms with Crippen LogP contribution in [0.5, 0.6) is 0 Å². The first-order valence-electron chi connectivity index (χ1n) is 10.1. The highest BCUT2D eigenvalue weighted by atomic mass is 32.2. The third-order valence-electron chi connectivity index (χ3n) is 5.85. The van der Waals surface area contributed by atoms with Crippen molar-refractivity contribution in [3.8, 4) is 0 Å². The van der Waals surface area contributed by atoms with Crippen molar-refractivity contribution in [2.45, 2.75) is 42.9 Å². The number of aliphatic carboxylic acids is 1. The number of halogens is 8. The number of hydrogen-bond acceptors (Lipinski definition) is 6. The second kappa shape index (κ2) is 10.2. The van der Waals surface area contributed by atoms with Crippen LogP contribution >= 0.6 is 11.3 Å². The van der Waals surface area contributed by atoms with Crippen LogP contribution in [0.4, 0.5) is 35.1 Å². The van der Waals surface area contributed by atoms with E-state index in [1.807, 2.05) is 0 Å². The minimum absolute atomic E-state index is 0.306. The van der Waals surface area contributed by atoms with Gasteiger partial charge in [-0.25, -0.2) is 40.1 Å². The van der Waals surface area contributed by atoms with Crippen LogP contribution in [0, 0.1) is 34.5 Å². The minimum Gasteiger partial charge on any atom is -0.475 e. The number of aromatic nitrogens is 1. The molecule has 1 spiro atoms. The number of benzene rings is 1. The van der Waals surface area contributed by atoms with Gasteiger partial charge in [-0.1, -0.05) is 0 Å². The van der Waals surface area contributed by atoms with Crippen molar-refractivity contribution >= 4 is 27.3 Å². The molecular weight excluding hydrogens is 550 g/mol. The van der Waals surface area contributed by atoms with Crippen LogP contribution in [0.2, 0.25) is 0 Å². The Morgan fingerprint density at radius 2 is 1.58 bits per heavy atom. The van der Waals surface area contributed by atoms with E-state index in [1.165, 1.54) is 6.20 Å². The van der Waals surface area contributed by atoms with Gasteiger partial charge in [0.1, 0.15) is 5.01 Å². The van der Waals surface area contributed by atoms with E-state index in [0.29, 0.717) is 37.4 Å². The summed E-state index contributed by atoms with van der Waals surface area (Å²) in [4.78, 5) is 11.1. The fraction of sp³-hybridized carbons (Fsp3) is 0.474. The Labute approximate surface area is 202 Å². The standard InChI is InChI=1S/C17H16F5N3O2S2.C2HF3O2/c18-11-12(19)14(21)16(15(22)13(11)20)29(26,27)25(8-10-24-5-6-28-10)9-7-17(9)1-3-23-4-2-17;3-2(4,5)1(6)7/h5-6,9,23H,1-4,7-8H2;(H,6,7). The van der Waals surface area contributed by atoms with Crippen molar-refractivity contribution in [3.63, 3.8) is 0 Å². The zero-order valence-electron chi connectivity index (χ0n) is 17.9. The van der Waals surface area contributed by atoms with E-state index in [2.05, 4.69) is 10.3 Å². The third-order valence-corrected chi connectivity index (χ3v) is 8.49. The Morgan fingerprint density at radius 3 is 2.03 bits per heavy atom. The first kappa shape index (κ1) is 28.2. The van der Waals surface area contributed by atoms with Crippen molar-refractivity contribution in [2.75, 3.05) is 13.1 Å². The summed E-state index contributed by atoms with van der Waals surface area (Å²) in [5.41, 5.74) is -0.375. The topological polar surface area (TPSA) is 99.6 Å². The quantitative estimate of drug-likeness (QED) is 0.324. The lowest BCUT2D eigenvalue weighted by molar-refractivity contribution is -0.192. The fourth-order valence-electron chi connectivity index (χ4n) is 3.95. The second-order valence-corrected chi connectivity index (χ2v) is 10.8. The molecular formula is C19H17F8N3O4S2. The molecule has 2 heterocycles. The number of hydrogen-bond donors (Lipinski definition) is 2. The normalized spacial score (nSPS) is 19.2. The predicted molar refractivity (Wildman–Crippen MR) is 108 cm³/mol. The van der Waals surface area contributed by atoms with E-state index in [0.717, 1.165) is 15.6 Å². The number of carbonyl (C=O) groups is 1. The SMILES string of the molecule is O=C(O)C(F)(F)F.O=S(=O)(c1c(F)c(F)c(F)c(F)c1F)N(Cc1nccs1)C1CC12CCNCC2. The summed E-state index contributed by atoms with van der Waals surface area (Å²) >= 11 is 1.13. The summed E-state index contributed by atoms with van der Waals surface area (Å²) in [6.07, 6.45) is -1.89. The van der Waals surface area contributed by atoms with E-state index in [4.69, 9.17) is 9.90 Å². The second-order valence-electron chi connectivity index (χ2n) is 8.01. The average Bonchev–Trinajstić information content (AvgIpc) is 3.21. The molecule has 2 aliphatic rings. The van der Waals surface area contributed by atoms with Crippen LogP contribution in [0.3, 0.4) is 0 Å². The number of carboxylic acids is 1. The number of carboxylic acid groups (broad SMARTS) is 1. The van der Waals surface area contributed by atoms with Crippen molar-refractivity contribution in [1.29, 1.82) is 0 Å². The summed E-state index contributed by atoms with van der Waals surface area (Å²) in [5.74, 6) is -14.4. The van der Waals surface area contributed by atoms with Gasteiger partial charge in [0.15, 0.2) is 28.2 Å². The summed E-state index contributed by atoms with van der Waals surface area (Å²) in [5, 5.41) is 12.2. The van der Waals surface area contributed by atoms with Crippen LogP contribution in [0.15, 0.2) is 16.5 Å². The maximum atomic E-state index is 14.3. The van der Waals surface area contributed by atoms with Gasteiger partial charge in [0.05, 0.1) is 6.54 Å². The zero-order chi connectivity index (χ0) is 27.1.